The van der Waals surface area contributed by atoms with E-state index >= 15 is 0 Å². The fraction of sp³-hybridized carbons (Fsp3) is 0.400. The summed E-state index contributed by atoms with van der Waals surface area (Å²) in [5, 5.41) is 1.41. The summed E-state index contributed by atoms with van der Waals surface area (Å²) in [6.07, 6.45) is 6.37. The third kappa shape index (κ3) is 1.99. The van der Waals surface area contributed by atoms with Crippen LogP contribution in [0.5, 0.6) is 0 Å². The highest BCUT2D eigenvalue weighted by molar-refractivity contribution is 8.04. The Hall–Kier alpha value is -0.640. The minimum Gasteiger partial charge on any atom is -0.141 e. The molecule has 3 aliphatic rings. The fourth-order valence-electron chi connectivity index (χ4n) is 4.47. The largest absolute Gasteiger partial charge is 0.141 e. The molecule has 3 atom stereocenters. The van der Waals surface area contributed by atoms with Crippen molar-refractivity contribution in [1.29, 1.82) is 0 Å². The van der Waals surface area contributed by atoms with Crippen LogP contribution >= 0.6 is 34.9 Å². The van der Waals surface area contributed by atoms with E-state index in [9.17, 15) is 0 Å². The fourth-order valence-corrected chi connectivity index (χ4v) is 8.31. The molecule has 1 aromatic carbocycles. The predicted octanol–water partition coefficient (Wildman–Crippen LogP) is 6.89. The molecule has 0 bridgehead atoms. The zero-order valence-corrected chi connectivity index (χ0v) is 16.3. The second-order valence-electron chi connectivity index (χ2n) is 7.51. The number of fused-ring (bicyclic) bond motifs is 5. The van der Waals surface area contributed by atoms with Gasteiger partial charge in [0.25, 0.3) is 0 Å². The van der Waals surface area contributed by atoms with Crippen LogP contribution in [0.15, 0.2) is 40.2 Å². The van der Waals surface area contributed by atoms with E-state index in [0.717, 1.165) is 0 Å². The molecule has 0 fully saturated rings. The summed E-state index contributed by atoms with van der Waals surface area (Å²) in [6.45, 7) is 9.36. The maximum atomic E-state index is 2.60. The summed E-state index contributed by atoms with van der Waals surface area (Å²) in [6, 6.07) is 7.21. The summed E-state index contributed by atoms with van der Waals surface area (Å²) in [7, 11) is 0. The Morgan fingerprint density at radius 3 is 2.74 bits per heavy atom. The van der Waals surface area contributed by atoms with Crippen molar-refractivity contribution in [1.82, 2.24) is 0 Å². The van der Waals surface area contributed by atoms with Crippen LogP contribution in [-0.4, -0.2) is 9.49 Å². The van der Waals surface area contributed by atoms with Crippen LogP contribution in [0.4, 0.5) is 0 Å². The monoisotopic (exact) mass is 356 g/mol. The van der Waals surface area contributed by atoms with Crippen molar-refractivity contribution < 1.29 is 0 Å². The van der Waals surface area contributed by atoms with Gasteiger partial charge in [0, 0.05) is 24.0 Å². The number of hydrogen-bond acceptors (Lipinski definition) is 3. The van der Waals surface area contributed by atoms with Crippen molar-refractivity contribution >= 4 is 50.5 Å². The topological polar surface area (TPSA) is 0 Å². The van der Waals surface area contributed by atoms with E-state index in [0.29, 0.717) is 5.92 Å². The number of hydrogen-bond donors (Lipinski definition) is 0. The lowest BCUT2D eigenvalue weighted by Crippen LogP contribution is -2.37. The van der Waals surface area contributed by atoms with Gasteiger partial charge < -0.3 is 0 Å². The number of benzene rings is 1. The van der Waals surface area contributed by atoms with Crippen LogP contribution in [0, 0.1) is 12.8 Å². The first-order valence-corrected chi connectivity index (χ1v) is 10.7. The number of rotatable bonds is 0. The van der Waals surface area contributed by atoms with Gasteiger partial charge in [0.1, 0.15) is 0 Å². The molecule has 23 heavy (non-hydrogen) atoms. The predicted molar refractivity (Wildman–Crippen MR) is 107 cm³/mol. The lowest BCUT2D eigenvalue weighted by Gasteiger charge is -2.41. The van der Waals surface area contributed by atoms with E-state index in [1.807, 2.05) is 11.3 Å². The molecule has 3 heterocycles. The first-order chi connectivity index (χ1) is 10.9. The lowest BCUT2D eigenvalue weighted by atomic mass is 9.73. The molecule has 0 nitrogen and oxygen atoms in total. The Balaban J connectivity index is 1.71. The molecule has 3 heteroatoms. The van der Waals surface area contributed by atoms with E-state index < -0.39 is 0 Å². The Bertz CT molecular complexity index is 916. The van der Waals surface area contributed by atoms with Crippen molar-refractivity contribution in [2.45, 2.75) is 48.5 Å². The Labute approximate surface area is 150 Å². The maximum absolute atomic E-state index is 2.60. The van der Waals surface area contributed by atoms with Crippen molar-refractivity contribution in [3.05, 3.63) is 45.7 Å². The molecule has 3 unspecified atom stereocenters. The Morgan fingerprint density at radius 1 is 1.09 bits per heavy atom. The molecule has 118 valence electrons. The van der Waals surface area contributed by atoms with Gasteiger partial charge in [-0.15, -0.1) is 34.9 Å². The molecule has 1 aromatic heterocycles. The van der Waals surface area contributed by atoms with Gasteiger partial charge in [0.05, 0.1) is 0 Å². The molecular formula is C20H20S3. The smallest absolute Gasteiger partial charge is 0.0437 e. The third-order valence-electron chi connectivity index (χ3n) is 5.53. The van der Waals surface area contributed by atoms with Gasteiger partial charge in [0.2, 0.25) is 0 Å². The van der Waals surface area contributed by atoms with Gasteiger partial charge in [-0.25, -0.2) is 0 Å². The van der Waals surface area contributed by atoms with E-state index in [1.165, 1.54) is 36.7 Å². The Morgan fingerprint density at radius 2 is 1.91 bits per heavy atom. The van der Waals surface area contributed by atoms with E-state index in [-0.39, 0.29) is 9.49 Å². The molecular weight excluding hydrogens is 336 g/mol. The quantitative estimate of drug-likeness (QED) is 0.504. The molecule has 1 aliphatic carbocycles. The van der Waals surface area contributed by atoms with Crippen LogP contribution in [0.3, 0.4) is 0 Å². The number of thiophene rings is 1. The van der Waals surface area contributed by atoms with Crippen molar-refractivity contribution in [2.75, 3.05) is 0 Å². The second kappa shape index (κ2) is 4.50. The number of allylic oxidation sites excluding steroid dienone is 2. The van der Waals surface area contributed by atoms with Gasteiger partial charge in [-0.2, -0.15) is 0 Å². The summed E-state index contributed by atoms with van der Waals surface area (Å²) in [5.41, 5.74) is 3.08. The lowest BCUT2D eigenvalue weighted by molar-refractivity contribution is 0.471. The van der Waals surface area contributed by atoms with Crippen LogP contribution in [0.1, 0.15) is 37.6 Å². The third-order valence-corrected chi connectivity index (χ3v) is 9.26. The highest BCUT2D eigenvalue weighted by Gasteiger charge is 2.51. The summed E-state index contributed by atoms with van der Waals surface area (Å²) in [5.74, 6) is 0.673. The molecule has 2 aromatic rings. The first-order valence-electron chi connectivity index (χ1n) is 8.21. The summed E-state index contributed by atoms with van der Waals surface area (Å²) < 4.78 is 1.93. The van der Waals surface area contributed by atoms with Gasteiger partial charge in [0.15, 0.2) is 0 Å². The SMILES string of the molecule is CC1=CC2CC3(C)Sc4cc5cc(C)sc5cc4C3=CC2(C)S1. The minimum atomic E-state index is 0.243. The summed E-state index contributed by atoms with van der Waals surface area (Å²) >= 11 is 6.08. The van der Waals surface area contributed by atoms with Crippen molar-refractivity contribution in [3.63, 3.8) is 0 Å². The van der Waals surface area contributed by atoms with E-state index in [1.54, 1.807) is 5.57 Å². The van der Waals surface area contributed by atoms with Gasteiger partial charge in [-0.1, -0.05) is 12.2 Å². The number of thioether (sulfide) groups is 2. The zero-order valence-electron chi connectivity index (χ0n) is 13.9. The summed E-state index contributed by atoms with van der Waals surface area (Å²) in [4.78, 5) is 4.39. The molecule has 0 spiro atoms. The van der Waals surface area contributed by atoms with Gasteiger partial charge >= 0.3 is 0 Å². The molecule has 0 radical (unpaired) electrons. The van der Waals surface area contributed by atoms with E-state index in [4.69, 9.17) is 0 Å². The first kappa shape index (κ1) is 14.7. The second-order valence-corrected chi connectivity index (χ2v) is 12.1. The van der Waals surface area contributed by atoms with Crippen LogP contribution in [0.25, 0.3) is 15.7 Å². The van der Waals surface area contributed by atoms with Gasteiger partial charge in [-0.05, 0) is 79.7 Å². The normalized spacial score (nSPS) is 34.9. The standard InChI is InChI=1S/C20H20S3/c1-11-5-13-7-18-15(8-17(13)21-11)16-10-19(3)14(6-12(2)22-19)9-20(16,4)23-18/h5-8,10,14H,9H2,1-4H3. The molecule has 0 saturated heterocycles. The molecule has 0 amide bonds. The average Bonchev–Trinajstić information content (AvgIpc) is 3.02. The van der Waals surface area contributed by atoms with E-state index in [2.05, 4.69) is 81.6 Å². The molecule has 2 aliphatic heterocycles. The zero-order chi connectivity index (χ0) is 16.0. The van der Waals surface area contributed by atoms with Gasteiger partial charge in [-0.3, -0.25) is 0 Å². The molecule has 5 rings (SSSR count). The minimum absolute atomic E-state index is 0.243. The maximum Gasteiger partial charge on any atom is 0.0437 e. The number of aryl methyl sites for hydroxylation is 1. The van der Waals surface area contributed by atoms with Crippen molar-refractivity contribution in [3.8, 4) is 0 Å². The highest BCUT2D eigenvalue weighted by Crippen LogP contribution is 2.64. The molecule has 0 saturated carbocycles. The highest BCUT2D eigenvalue weighted by atomic mass is 32.2. The Kier molecular flexibility index (Phi) is 2.87. The van der Waals surface area contributed by atoms with Crippen LogP contribution < -0.4 is 0 Å². The van der Waals surface area contributed by atoms with Crippen molar-refractivity contribution in [2.24, 2.45) is 5.92 Å². The average molecular weight is 357 g/mol. The van der Waals surface area contributed by atoms with Crippen LogP contribution in [0.2, 0.25) is 0 Å². The van der Waals surface area contributed by atoms with Crippen LogP contribution in [-0.2, 0) is 0 Å². The molecule has 0 N–H and O–H groups in total.